The van der Waals surface area contributed by atoms with Crippen molar-refractivity contribution in [3.63, 3.8) is 0 Å². The highest BCUT2D eigenvalue weighted by Gasteiger charge is 2.22. The Morgan fingerprint density at radius 3 is 2.91 bits per heavy atom. The number of nitrogens with two attached hydrogens (primary N) is 1. The van der Waals surface area contributed by atoms with Crippen LogP contribution in [0.1, 0.15) is 31.7 Å². The van der Waals surface area contributed by atoms with Gasteiger partial charge >= 0.3 is 0 Å². The number of benzene rings is 1. The van der Waals surface area contributed by atoms with Crippen molar-refractivity contribution in [3.05, 3.63) is 35.9 Å². The van der Waals surface area contributed by atoms with E-state index in [1.807, 2.05) is 6.92 Å². The summed E-state index contributed by atoms with van der Waals surface area (Å²) < 4.78 is 0. The van der Waals surface area contributed by atoms with E-state index in [1.165, 1.54) is 12.0 Å². The maximum Gasteiger partial charge on any atom is 0.220 e. The van der Waals surface area contributed by atoms with E-state index in [0.29, 0.717) is 12.3 Å². The lowest BCUT2D eigenvalue weighted by atomic mass is 10.1. The molecule has 3 N–H and O–H groups in total. The largest absolute Gasteiger partial charge is 0.356 e. The Morgan fingerprint density at radius 2 is 2.18 bits per heavy atom. The predicted molar refractivity (Wildman–Crippen MR) is 90.6 cm³/mol. The Morgan fingerprint density at radius 1 is 1.41 bits per heavy atom. The van der Waals surface area contributed by atoms with Gasteiger partial charge in [-0.25, -0.2) is 0 Å². The van der Waals surface area contributed by atoms with Gasteiger partial charge in [0.05, 0.1) is 0 Å². The number of nitrogens with zero attached hydrogens (tertiary/aromatic N) is 1. The van der Waals surface area contributed by atoms with Gasteiger partial charge in [0.25, 0.3) is 0 Å². The van der Waals surface area contributed by atoms with Gasteiger partial charge in [0.15, 0.2) is 0 Å². The lowest BCUT2D eigenvalue weighted by Gasteiger charge is -2.16. The van der Waals surface area contributed by atoms with Crippen molar-refractivity contribution in [2.45, 2.75) is 38.6 Å². The number of rotatable bonds is 8. The summed E-state index contributed by atoms with van der Waals surface area (Å²) in [5.74, 6) is 0.732. The molecule has 2 atom stereocenters. The van der Waals surface area contributed by atoms with Gasteiger partial charge in [0.1, 0.15) is 0 Å². The molecule has 122 valence electrons. The molecular formula is C18H29N3O. The summed E-state index contributed by atoms with van der Waals surface area (Å²) in [5.41, 5.74) is 7.07. The predicted octanol–water partition coefficient (Wildman–Crippen LogP) is 1.79. The maximum atomic E-state index is 11.7. The number of nitrogens with one attached hydrogen (secondary N) is 1. The van der Waals surface area contributed by atoms with Crippen LogP contribution < -0.4 is 11.1 Å². The second kappa shape index (κ2) is 8.91. The van der Waals surface area contributed by atoms with Crippen LogP contribution in [-0.2, 0) is 11.2 Å². The molecule has 0 saturated carbocycles. The standard InChI is InChI=1S/C18H29N3O/c1-15(19)7-8-18(22)20-13-17-10-12-21(14-17)11-9-16-5-3-2-4-6-16/h2-6,15,17H,7-14,19H2,1H3,(H,20,22). The molecule has 2 unspecified atom stereocenters. The summed E-state index contributed by atoms with van der Waals surface area (Å²) in [6.07, 6.45) is 3.60. The Kier molecular flexibility index (Phi) is 6.87. The van der Waals surface area contributed by atoms with Crippen LogP contribution >= 0.6 is 0 Å². The quantitative estimate of drug-likeness (QED) is 0.770. The van der Waals surface area contributed by atoms with E-state index < -0.39 is 0 Å². The lowest BCUT2D eigenvalue weighted by Crippen LogP contribution is -2.32. The average molecular weight is 303 g/mol. The fourth-order valence-corrected chi connectivity index (χ4v) is 2.92. The van der Waals surface area contributed by atoms with Crippen LogP contribution in [0.25, 0.3) is 0 Å². The molecular weight excluding hydrogens is 274 g/mol. The van der Waals surface area contributed by atoms with Crippen LogP contribution in [0.4, 0.5) is 0 Å². The smallest absolute Gasteiger partial charge is 0.220 e. The summed E-state index contributed by atoms with van der Waals surface area (Å²) in [6, 6.07) is 10.7. The highest BCUT2D eigenvalue weighted by Crippen LogP contribution is 2.16. The van der Waals surface area contributed by atoms with Crippen molar-refractivity contribution < 1.29 is 4.79 Å². The lowest BCUT2D eigenvalue weighted by molar-refractivity contribution is -0.121. The zero-order chi connectivity index (χ0) is 15.8. The molecule has 0 bridgehead atoms. The van der Waals surface area contributed by atoms with E-state index in [-0.39, 0.29) is 11.9 Å². The molecule has 0 spiro atoms. The summed E-state index contributed by atoms with van der Waals surface area (Å²) in [7, 11) is 0. The first-order valence-electron chi connectivity index (χ1n) is 8.42. The molecule has 4 heteroatoms. The van der Waals surface area contributed by atoms with Gasteiger partial charge in [-0.2, -0.15) is 0 Å². The van der Waals surface area contributed by atoms with E-state index in [9.17, 15) is 4.79 Å². The number of amides is 1. The van der Waals surface area contributed by atoms with E-state index in [1.54, 1.807) is 0 Å². The van der Waals surface area contributed by atoms with E-state index in [0.717, 1.165) is 39.0 Å². The van der Waals surface area contributed by atoms with Crippen LogP contribution in [0.3, 0.4) is 0 Å². The average Bonchev–Trinajstić information content (AvgIpc) is 2.98. The Balaban J connectivity index is 1.60. The Hall–Kier alpha value is -1.39. The molecule has 0 aliphatic carbocycles. The van der Waals surface area contributed by atoms with Gasteiger partial charge in [-0.1, -0.05) is 30.3 Å². The first-order chi connectivity index (χ1) is 10.6. The van der Waals surface area contributed by atoms with Crippen LogP contribution in [0.15, 0.2) is 30.3 Å². The molecule has 1 aliphatic heterocycles. The molecule has 0 radical (unpaired) electrons. The zero-order valence-corrected chi connectivity index (χ0v) is 13.6. The van der Waals surface area contributed by atoms with Gasteiger partial charge in [-0.05, 0) is 44.2 Å². The van der Waals surface area contributed by atoms with Crippen LogP contribution in [0.2, 0.25) is 0 Å². The third-order valence-electron chi connectivity index (χ3n) is 4.34. The second-order valence-corrected chi connectivity index (χ2v) is 6.51. The summed E-state index contributed by atoms with van der Waals surface area (Å²) in [4.78, 5) is 14.2. The van der Waals surface area contributed by atoms with Crippen molar-refractivity contribution in [2.24, 2.45) is 11.7 Å². The minimum atomic E-state index is 0.103. The molecule has 1 fully saturated rings. The van der Waals surface area contributed by atoms with Crippen LogP contribution in [0, 0.1) is 5.92 Å². The normalized spacial score (nSPS) is 20.0. The minimum Gasteiger partial charge on any atom is -0.356 e. The van der Waals surface area contributed by atoms with Crippen molar-refractivity contribution in [1.29, 1.82) is 0 Å². The van der Waals surface area contributed by atoms with Crippen LogP contribution in [0.5, 0.6) is 0 Å². The molecule has 0 aromatic heterocycles. The first kappa shape index (κ1) is 17.0. The Bertz CT molecular complexity index is 447. The molecule has 1 aromatic carbocycles. The third kappa shape index (κ3) is 6.16. The summed E-state index contributed by atoms with van der Waals surface area (Å²) >= 11 is 0. The molecule has 1 saturated heterocycles. The number of hydrogen-bond donors (Lipinski definition) is 2. The summed E-state index contributed by atoms with van der Waals surface area (Å²) in [6.45, 7) is 6.10. The van der Waals surface area contributed by atoms with E-state index in [4.69, 9.17) is 5.73 Å². The topological polar surface area (TPSA) is 58.4 Å². The minimum absolute atomic E-state index is 0.103. The highest BCUT2D eigenvalue weighted by molar-refractivity contribution is 5.75. The number of carbonyl (C=O) groups excluding carboxylic acids is 1. The fraction of sp³-hybridized carbons (Fsp3) is 0.611. The molecule has 1 aromatic rings. The van der Waals surface area contributed by atoms with Gasteiger partial charge < -0.3 is 16.0 Å². The van der Waals surface area contributed by atoms with Crippen molar-refractivity contribution >= 4 is 5.91 Å². The summed E-state index contributed by atoms with van der Waals surface area (Å²) in [5, 5.41) is 3.05. The number of carbonyl (C=O) groups is 1. The van der Waals surface area contributed by atoms with Crippen molar-refractivity contribution in [3.8, 4) is 0 Å². The fourth-order valence-electron chi connectivity index (χ4n) is 2.92. The SMILES string of the molecule is CC(N)CCC(=O)NCC1CCN(CCc2ccccc2)C1. The monoisotopic (exact) mass is 303 g/mol. The first-order valence-corrected chi connectivity index (χ1v) is 8.42. The molecule has 1 amide bonds. The maximum absolute atomic E-state index is 11.7. The molecule has 4 nitrogen and oxygen atoms in total. The van der Waals surface area contributed by atoms with E-state index >= 15 is 0 Å². The zero-order valence-electron chi connectivity index (χ0n) is 13.6. The van der Waals surface area contributed by atoms with E-state index in [2.05, 4.69) is 40.5 Å². The van der Waals surface area contributed by atoms with Gasteiger partial charge in [-0.15, -0.1) is 0 Å². The number of likely N-dealkylation sites (tertiary alicyclic amines) is 1. The molecule has 1 heterocycles. The van der Waals surface area contributed by atoms with Gasteiger partial charge in [0, 0.05) is 32.1 Å². The molecule has 2 rings (SSSR count). The van der Waals surface area contributed by atoms with Gasteiger partial charge in [-0.3, -0.25) is 4.79 Å². The Labute approximate surface area is 134 Å². The molecule has 22 heavy (non-hydrogen) atoms. The molecule has 1 aliphatic rings. The second-order valence-electron chi connectivity index (χ2n) is 6.51. The van der Waals surface area contributed by atoms with Crippen molar-refractivity contribution in [1.82, 2.24) is 10.2 Å². The van der Waals surface area contributed by atoms with Crippen molar-refractivity contribution in [2.75, 3.05) is 26.2 Å². The highest BCUT2D eigenvalue weighted by atomic mass is 16.1. The third-order valence-corrected chi connectivity index (χ3v) is 4.34. The van der Waals surface area contributed by atoms with Crippen LogP contribution in [-0.4, -0.2) is 43.0 Å². The number of hydrogen-bond acceptors (Lipinski definition) is 3. The van der Waals surface area contributed by atoms with Gasteiger partial charge in [0.2, 0.25) is 5.91 Å².